The molecule has 0 spiro atoms. The van der Waals surface area contributed by atoms with Crippen LogP contribution in [-0.2, 0) is 4.74 Å². The van der Waals surface area contributed by atoms with E-state index in [1.54, 1.807) is 36.4 Å². The number of aromatic nitrogens is 2. The first kappa shape index (κ1) is 13.8. The summed E-state index contributed by atoms with van der Waals surface area (Å²) in [5.74, 6) is -0.451. The van der Waals surface area contributed by atoms with E-state index < -0.39 is 5.97 Å². The molecule has 0 fully saturated rings. The van der Waals surface area contributed by atoms with Gasteiger partial charge in [-0.2, -0.15) is 9.78 Å². The van der Waals surface area contributed by atoms with Crippen LogP contribution in [-0.4, -0.2) is 29.0 Å². The molecule has 110 valence electrons. The largest absolute Gasteiger partial charge is 0.465 e. The minimum atomic E-state index is -0.451. The number of nitrogens with zero attached hydrogens (tertiary/aromatic N) is 2. The Morgan fingerprint density at radius 3 is 2.73 bits per heavy atom. The molecule has 0 aliphatic carbocycles. The zero-order valence-electron chi connectivity index (χ0n) is 11.8. The number of hydrogen-bond acceptors (Lipinski definition) is 4. The van der Waals surface area contributed by atoms with Crippen LogP contribution < -0.4 is 5.69 Å². The summed E-state index contributed by atoms with van der Waals surface area (Å²) in [4.78, 5) is 26.4. The van der Waals surface area contributed by atoms with E-state index in [1.165, 1.54) is 18.0 Å². The first-order valence-corrected chi connectivity index (χ1v) is 6.62. The smallest absolute Gasteiger partial charge is 0.347 e. The molecular weight excluding hydrogens is 282 g/mol. The fourth-order valence-corrected chi connectivity index (χ4v) is 2.18. The fraction of sp³-hybridized carbons (Fsp3) is 0.0625. The van der Waals surface area contributed by atoms with Crippen molar-refractivity contribution in [2.24, 2.45) is 5.10 Å². The van der Waals surface area contributed by atoms with Gasteiger partial charge in [0.1, 0.15) is 0 Å². The maximum absolute atomic E-state index is 11.9. The normalized spacial score (nSPS) is 11.1. The lowest BCUT2D eigenvalue weighted by Gasteiger charge is -2.02. The Labute approximate surface area is 125 Å². The molecule has 0 saturated carbocycles. The van der Waals surface area contributed by atoms with Crippen molar-refractivity contribution in [3.63, 3.8) is 0 Å². The summed E-state index contributed by atoms with van der Waals surface area (Å²) < 4.78 is 5.99. The first-order valence-electron chi connectivity index (χ1n) is 6.62. The molecular formula is C16H13N3O3. The Balaban J connectivity index is 2.06. The standard InChI is InChI=1S/C16H13N3O3/c1-22-15(20)12-7-3-2-6-11(12)10-17-19-14-9-5-4-8-13(14)18-16(19)21/h2-10H,1H3,(H,18,21)/b17-10+. The molecule has 2 aromatic carbocycles. The van der Waals surface area contributed by atoms with Crippen LogP contribution in [0.1, 0.15) is 15.9 Å². The first-order chi connectivity index (χ1) is 10.7. The number of nitrogens with one attached hydrogen (secondary N) is 1. The molecule has 1 N–H and O–H groups in total. The van der Waals surface area contributed by atoms with E-state index in [0.717, 1.165) is 0 Å². The van der Waals surface area contributed by atoms with Crippen LogP contribution >= 0.6 is 0 Å². The van der Waals surface area contributed by atoms with Crippen molar-refractivity contribution in [2.75, 3.05) is 7.11 Å². The van der Waals surface area contributed by atoms with Crippen molar-refractivity contribution in [1.29, 1.82) is 0 Å². The van der Waals surface area contributed by atoms with E-state index in [4.69, 9.17) is 4.74 Å². The van der Waals surface area contributed by atoms with Crippen molar-refractivity contribution in [2.45, 2.75) is 0 Å². The van der Waals surface area contributed by atoms with Crippen molar-refractivity contribution in [1.82, 2.24) is 9.66 Å². The number of ether oxygens (including phenoxy) is 1. The molecule has 0 amide bonds. The second-order valence-corrected chi connectivity index (χ2v) is 4.58. The van der Waals surface area contributed by atoms with Gasteiger partial charge in [0, 0.05) is 5.56 Å². The molecule has 6 nitrogen and oxygen atoms in total. The minimum absolute atomic E-state index is 0.340. The molecule has 1 aromatic heterocycles. The quantitative estimate of drug-likeness (QED) is 0.593. The number of aromatic amines is 1. The highest BCUT2D eigenvalue weighted by molar-refractivity contribution is 5.99. The minimum Gasteiger partial charge on any atom is -0.465 e. The van der Waals surface area contributed by atoms with Gasteiger partial charge in [0.2, 0.25) is 0 Å². The van der Waals surface area contributed by atoms with Gasteiger partial charge < -0.3 is 9.72 Å². The number of carbonyl (C=O) groups excluding carboxylic acids is 1. The van der Waals surface area contributed by atoms with E-state index in [0.29, 0.717) is 22.2 Å². The number of imidazole rings is 1. The van der Waals surface area contributed by atoms with E-state index in [2.05, 4.69) is 10.1 Å². The molecule has 6 heteroatoms. The van der Waals surface area contributed by atoms with Crippen LogP contribution in [0, 0.1) is 0 Å². The highest BCUT2D eigenvalue weighted by Gasteiger charge is 2.10. The van der Waals surface area contributed by atoms with Crippen LogP contribution in [0.3, 0.4) is 0 Å². The Morgan fingerprint density at radius 2 is 1.91 bits per heavy atom. The molecule has 0 aliphatic rings. The van der Waals surface area contributed by atoms with Crippen LogP contribution in [0.2, 0.25) is 0 Å². The number of rotatable bonds is 3. The van der Waals surface area contributed by atoms with Gasteiger partial charge in [-0.05, 0) is 18.2 Å². The summed E-state index contributed by atoms with van der Waals surface area (Å²) in [7, 11) is 1.32. The van der Waals surface area contributed by atoms with Gasteiger partial charge in [0.25, 0.3) is 0 Å². The molecule has 1 heterocycles. The number of benzene rings is 2. The predicted octanol–water partition coefficient (Wildman–Crippen LogP) is 2.00. The highest BCUT2D eigenvalue weighted by atomic mass is 16.5. The average molecular weight is 295 g/mol. The van der Waals surface area contributed by atoms with Gasteiger partial charge in [0.15, 0.2) is 0 Å². The van der Waals surface area contributed by atoms with Crippen molar-refractivity contribution in [3.05, 3.63) is 70.1 Å². The summed E-state index contributed by atoms with van der Waals surface area (Å²) in [6, 6.07) is 14.1. The summed E-state index contributed by atoms with van der Waals surface area (Å²) >= 11 is 0. The third-order valence-electron chi connectivity index (χ3n) is 3.24. The van der Waals surface area contributed by atoms with Gasteiger partial charge in [-0.3, -0.25) is 0 Å². The van der Waals surface area contributed by atoms with Gasteiger partial charge >= 0.3 is 11.7 Å². The Morgan fingerprint density at radius 1 is 1.18 bits per heavy atom. The Bertz CT molecular complexity index is 922. The second-order valence-electron chi connectivity index (χ2n) is 4.58. The van der Waals surface area contributed by atoms with Crippen molar-refractivity contribution >= 4 is 23.2 Å². The highest BCUT2D eigenvalue weighted by Crippen LogP contribution is 2.10. The van der Waals surface area contributed by atoms with E-state index in [1.807, 2.05) is 12.1 Å². The Kier molecular flexibility index (Phi) is 3.57. The number of H-pyrrole nitrogens is 1. The van der Waals surface area contributed by atoms with Crippen LogP contribution in [0.4, 0.5) is 0 Å². The van der Waals surface area contributed by atoms with E-state index in [-0.39, 0.29) is 5.69 Å². The van der Waals surface area contributed by atoms with Gasteiger partial charge in [-0.25, -0.2) is 9.59 Å². The number of fused-ring (bicyclic) bond motifs is 1. The summed E-state index contributed by atoms with van der Waals surface area (Å²) in [6.45, 7) is 0. The molecule has 0 aliphatic heterocycles. The predicted molar refractivity (Wildman–Crippen MR) is 83.3 cm³/mol. The monoisotopic (exact) mass is 295 g/mol. The van der Waals surface area contributed by atoms with Crippen molar-refractivity contribution < 1.29 is 9.53 Å². The number of esters is 1. The average Bonchev–Trinajstić information content (AvgIpc) is 2.87. The zero-order valence-corrected chi connectivity index (χ0v) is 11.8. The number of para-hydroxylation sites is 2. The molecule has 0 unspecified atom stereocenters. The Hall–Kier alpha value is -3.15. The van der Waals surface area contributed by atoms with Crippen LogP contribution in [0.15, 0.2) is 58.4 Å². The van der Waals surface area contributed by atoms with E-state index >= 15 is 0 Å². The summed E-state index contributed by atoms with van der Waals surface area (Å²) in [5, 5.41) is 4.18. The molecule has 0 radical (unpaired) electrons. The summed E-state index contributed by atoms with van der Waals surface area (Å²) in [6.07, 6.45) is 1.47. The third-order valence-corrected chi connectivity index (χ3v) is 3.24. The number of hydrogen-bond donors (Lipinski definition) is 1. The van der Waals surface area contributed by atoms with Gasteiger partial charge in [-0.15, -0.1) is 0 Å². The number of carbonyl (C=O) groups is 1. The van der Waals surface area contributed by atoms with E-state index in [9.17, 15) is 9.59 Å². The third kappa shape index (κ3) is 2.42. The van der Waals surface area contributed by atoms with Crippen LogP contribution in [0.25, 0.3) is 11.0 Å². The zero-order chi connectivity index (χ0) is 15.5. The fourth-order valence-electron chi connectivity index (χ4n) is 2.18. The van der Waals surface area contributed by atoms with Crippen LogP contribution in [0.5, 0.6) is 0 Å². The molecule has 0 bridgehead atoms. The maximum atomic E-state index is 11.9. The molecule has 3 rings (SSSR count). The molecule has 0 atom stereocenters. The maximum Gasteiger partial charge on any atom is 0.347 e. The SMILES string of the molecule is COC(=O)c1ccccc1/C=N/n1c(=O)[nH]c2ccccc21. The second kappa shape index (κ2) is 5.69. The van der Waals surface area contributed by atoms with Gasteiger partial charge in [0.05, 0.1) is 29.9 Å². The molecule has 22 heavy (non-hydrogen) atoms. The van der Waals surface area contributed by atoms with Crippen molar-refractivity contribution in [3.8, 4) is 0 Å². The number of methoxy groups -OCH3 is 1. The van der Waals surface area contributed by atoms with Gasteiger partial charge in [-0.1, -0.05) is 30.3 Å². The molecule has 3 aromatic rings. The topological polar surface area (TPSA) is 76.4 Å². The molecule has 0 saturated heterocycles. The lowest BCUT2D eigenvalue weighted by molar-refractivity contribution is 0.0600. The lowest BCUT2D eigenvalue weighted by atomic mass is 10.1. The summed E-state index contributed by atoms with van der Waals surface area (Å²) in [5.41, 5.74) is 1.99. The lowest BCUT2D eigenvalue weighted by Crippen LogP contribution is -2.13.